The summed E-state index contributed by atoms with van der Waals surface area (Å²) < 4.78 is 5.65. The number of likely N-dealkylation sites (tertiary alicyclic amines) is 1. The predicted molar refractivity (Wildman–Crippen MR) is 73.1 cm³/mol. The molecule has 2 N–H and O–H groups in total. The molecule has 116 valence electrons. The summed E-state index contributed by atoms with van der Waals surface area (Å²) in [7, 11) is 1.81. The van der Waals surface area contributed by atoms with Gasteiger partial charge in [0.15, 0.2) is 0 Å². The molecular weight excluding hydrogens is 274 g/mol. The molecule has 3 fully saturated rings. The normalized spacial score (nSPS) is 35.2. The van der Waals surface area contributed by atoms with Crippen LogP contribution in [0.15, 0.2) is 0 Å². The van der Waals surface area contributed by atoms with Crippen LogP contribution in [0.3, 0.4) is 0 Å². The first kappa shape index (κ1) is 14.5. The van der Waals surface area contributed by atoms with Gasteiger partial charge in [-0.3, -0.25) is 19.3 Å². The molecule has 0 aromatic rings. The lowest BCUT2D eigenvalue weighted by molar-refractivity contribution is -0.146. The lowest BCUT2D eigenvalue weighted by Gasteiger charge is -2.18. The van der Waals surface area contributed by atoms with Crippen molar-refractivity contribution in [3.05, 3.63) is 0 Å². The Morgan fingerprint density at radius 3 is 2.38 bits per heavy atom. The Labute approximate surface area is 123 Å². The van der Waals surface area contributed by atoms with Crippen molar-refractivity contribution in [3.8, 4) is 0 Å². The maximum Gasteiger partial charge on any atom is 0.240 e. The molecule has 3 heterocycles. The predicted octanol–water partition coefficient (Wildman–Crippen LogP) is -1.13. The Balaban J connectivity index is 1.61. The minimum absolute atomic E-state index is 0.131. The molecule has 5 unspecified atom stereocenters. The third-order valence-electron chi connectivity index (χ3n) is 4.78. The molecule has 7 nitrogen and oxygen atoms in total. The highest BCUT2D eigenvalue weighted by Gasteiger charge is 2.62. The van der Waals surface area contributed by atoms with E-state index in [1.54, 1.807) is 7.05 Å². The Morgan fingerprint density at radius 1 is 1.29 bits per heavy atom. The zero-order valence-corrected chi connectivity index (χ0v) is 12.3. The molecule has 3 saturated heterocycles. The first-order valence-corrected chi connectivity index (χ1v) is 7.47. The summed E-state index contributed by atoms with van der Waals surface area (Å²) in [5, 5.41) is 5.73. The van der Waals surface area contributed by atoms with Crippen molar-refractivity contribution in [2.75, 3.05) is 20.1 Å². The van der Waals surface area contributed by atoms with Crippen LogP contribution < -0.4 is 10.6 Å². The lowest BCUT2D eigenvalue weighted by Crippen LogP contribution is -2.45. The molecule has 0 aliphatic carbocycles. The first-order valence-electron chi connectivity index (χ1n) is 7.47. The monoisotopic (exact) mass is 295 g/mol. The van der Waals surface area contributed by atoms with Crippen molar-refractivity contribution in [2.24, 2.45) is 11.8 Å². The average molecular weight is 295 g/mol. The van der Waals surface area contributed by atoms with Gasteiger partial charge in [0.25, 0.3) is 0 Å². The summed E-state index contributed by atoms with van der Waals surface area (Å²) in [6.45, 7) is 2.22. The zero-order chi connectivity index (χ0) is 15.1. The maximum absolute atomic E-state index is 12.3. The van der Waals surface area contributed by atoms with Crippen LogP contribution >= 0.6 is 0 Å². The lowest BCUT2D eigenvalue weighted by atomic mass is 9.81. The number of amides is 3. The van der Waals surface area contributed by atoms with Crippen molar-refractivity contribution in [1.82, 2.24) is 15.5 Å². The Kier molecular flexibility index (Phi) is 3.71. The van der Waals surface area contributed by atoms with Crippen LogP contribution in [0.2, 0.25) is 0 Å². The van der Waals surface area contributed by atoms with Crippen LogP contribution in [0.1, 0.15) is 19.8 Å². The standard InChI is InChI=1S/C14H21N3O4/c1-7(15-2)5-16-10(18)6-17-13(19)11-8-3-4-9(21-8)12(11)14(17)20/h7-9,11-12,15H,3-6H2,1-2H3,(H,16,18). The van der Waals surface area contributed by atoms with Gasteiger partial charge in [0.05, 0.1) is 24.0 Å². The van der Waals surface area contributed by atoms with Gasteiger partial charge in [-0.2, -0.15) is 0 Å². The van der Waals surface area contributed by atoms with Crippen molar-refractivity contribution in [1.29, 1.82) is 0 Å². The molecule has 0 aromatic carbocycles. The number of hydrogen-bond donors (Lipinski definition) is 2. The number of carbonyl (C=O) groups excluding carboxylic acids is 3. The minimum Gasteiger partial charge on any atom is -0.373 e. The smallest absolute Gasteiger partial charge is 0.240 e. The summed E-state index contributed by atoms with van der Waals surface area (Å²) in [4.78, 5) is 37.7. The van der Waals surface area contributed by atoms with Gasteiger partial charge in [-0.25, -0.2) is 0 Å². The fraction of sp³-hybridized carbons (Fsp3) is 0.786. The van der Waals surface area contributed by atoms with Crippen LogP contribution in [-0.4, -0.2) is 61.0 Å². The van der Waals surface area contributed by atoms with E-state index in [1.807, 2.05) is 6.92 Å². The highest BCUT2D eigenvalue weighted by atomic mass is 16.5. The molecule has 0 aromatic heterocycles. The van der Waals surface area contributed by atoms with Crippen LogP contribution in [0.25, 0.3) is 0 Å². The number of fused-ring (bicyclic) bond motifs is 5. The number of nitrogens with zero attached hydrogens (tertiary/aromatic N) is 1. The number of ether oxygens (including phenoxy) is 1. The second-order valence-corrected chi connectivity index (χ2v) is 6.10. The molecule has 3 rings (SSSR count). The SMILES string of the molecule is CNC(C)CNC(=O)CN1C(=O)C2C3CCC(O3)C2C1=O. The first-order chi connectivity index (χ1) is 10.0. The van der Waals surface area contributed by atoms with Crippen molar-refractivity contribution in [3.63, 3.8) is 0 Å². The second-order valence-electron chi connectivity index (χ2n) is 6.10. The van der Waals surface area contributed by atoms with Gasteiger partial charge in [-0.1, -0.05) is 0 Å². The fourth-order valence-electron chi connectivity index (χ4n) is 3.50. The molecule has 5 atom stereocenters. The summed E-state index contributed by atoms with van der Waals surface area (Å²) in [5.41, 5.74) is 0. The van der Waals surface area contributed by atoms with Crippen molar-refractivity contribution < 1.29 is 19.1 Å². The van der Waals surface area contributed by atoms with Crippen molar-refractivity contribution >= 4 is 17.7 Å². The summed E-state index contributed by atoms with van der Waals surface area (Å²) in [6.07, 6.45) is 1.41. The molecular formula is C14H21N3O4. The van der Waals surface area contributed by atoms with E-state index >= 15 is 0 Å². The number of carbonyl (C=O) groups is 3. The summed E-state index contributed by atoms with van der Waals surface area (Å²) in [5.74, 6) is -1.50. The molecule has 7 heteroatoms. The molecule has 3 amide bonds. The van der Waals surface area contributed by atoms with E-state index in [4.69, 9.17) is 4.74 Å². The average Bonchev–Trinajstić information content (AvgIpc) is 3.14. The van der Waals surface area contributed by atoms with Crippen LogP contribution in [0.5, 0.6) is 0 Å². The molecule has 0 radical (unpaired) electrons. The van der Waals surface area contributed by atoms with Gasteiger partial charge >= 0.3 is 0 Å². The van der Waals surface area contributed by atoms with Crippen LogP contribution in [-0.2, 0) is 19.1 Å². The van der Waals surface area contributed by atoms with E-state index in [9.17, 15) is 14.4 Å². The Morgan fingerprint density at radius 2 is 1.86 bits per heavy atom. The second kappa shape index (κ2) is 5.38. The molecule has 3 aliphatic heterocycles. The molecule has 3 aliphatic rings. The summed E-state index contributed by atoms with van der Waals surface area (Å²) in [6, 6.07) is 0.141. The van der Waals surface area contributed by atoms with E-state index in [0.29, 0.717) is 6.54 Å². The molecule has 2 bridgehead atoms. The Bertz CT molecular complexity index is 453. The number of imide groups is 1. The van der Waals surface area contributed by atoms with E-state index in [1.165, 1.54) is 0 Å². The molecule has 0 spiro atoms. The van der Waals surface area contributed by atoms with Crippen LogP contribution in [0, 0.1) is 11.8 Å². The van der Waals surface area contributed by atoms with E-state index in [-0.39, 0.29) is 54.4 Å². The number of rotatable bonds is 5. The quantitative estimate of drug-likeness (QED) is 0.627. The largest absolute Gasteiger partial charge is 0.373 e. The van der Waals surface area contributed by atoms with E-state index in [0.717, 1.165) is 17.7 Å². The van der Waals surface area contributed by atoms with Crippen molar-refractivity contribution in [2.45, 2.75) is 38.0 Å². The van der Waals surface area contributed by atoms with Crippen LogP contribution in [0.4, 0.5) is 0 Å². The zero-order valence-electron chi connectivity index (χ0n) is 12.3. The third kappa shape index (κ3) is 2.34. The fourth-order valence-corrected chi connectivity index (χ4v) is 3.50. The van der Waals surface area contributed by atoms with Gasteiger partial charge in [-0.05, 0) is 26.8 Å². The molecule has 0 saturated carbocycles. The van der Waals surface area contributed by atoms with E-state index in [2.05, 4.69) is 10.6 Å². The van der Waals surface area contributed by atoms with Gasteiger partial charge in [0.2, 0.25) is 17.7 Å². The highest BCUT2D eigenvalue weighted by molar-refractivity contribution is 6.08. The third-order valence-corrected chi connectivity index (χ3v) is 4.78. The topological polar surface area (TPSA) is 87.7 Å². The number of nitrogens with one attached hydrogen (secondary N) is 2. The Hall–Kier alpha value is -1.47. The molecule has 21 heavy (non-hydrogen) atoms. The van der Waals surface area contributed by atoms with Gasteiger partial charge in [-0.15, -0.1) is 0 Å². The van der Waals surface area contributed by atoms with E-state index < -0.39 is 0 Å². The van der Waals surface area contributed by atoms with Gasteiger partial charge in [0.1, 0.15) is 6.54 Å². The highest BCUT2D eigenvalue weighted by Crippen LogP contribution is 2.48. The van der Waals surface area contributed by atoms with Gasteiger partial charge < -0.3 is 15.4 Å². The maximum atomic E-state index is 12.3. The van der Waals surface area contributed by atoms with Gasteiger partial charge in [0, 0.05) is 12.6 Å². The summed E-state index contributed by atoms with van der Waals surface area (Å²) >= 11 is 0. The number of hydrogen-bond acceptors (Lipinski definition) is 5. The minimum atomic E-state index is -0.361. The number of likely N-dealkylation sites (N-methyl/N-ethyl adjacent to an activating group) is 1.